The van der Waals surface area contributed by atoms with Gasteiger partial charge >= 0.3 is 5.97 Å². The molecular weight excluding hydrogens is 386 g/mol. The van der Waals surface area contributed by atoms with Crippen molar-refractivity contribution in [2.45, 2.75) is 13.8 Å². The van der Waals surface area contributed by atoms with Crippen molar-refractivity contribution >= 4 is 28.3 Å². The number of nitrogens with one attached hydrogen (secondary N) is 1. The lowest BCUT2D eigenvalue weighted by Crippen LogP contribution is -2.16. The maximum absolute atomic E-state index is 13.4. The highest BCUT2D eigenvalue weighted by Crippen LogP contribution is 2.30. The van der Waals surface area contributed by atoms with Crippen LogP contribution in [0.2, 0.25) is 0 Å². The number of hydrogen-bond acceptors (Lipinski definition) is 3. The van der Waals surface area contributed by atoms with Gasteiger partial charge in [0, 0.05) is 11.3 Å². The third-order valence-corrected chi connectivity index (χ3v) is 5.53. The highest BCUT2D eigenvalue weighted by Gasteiger charge is 2.18. The third-order valence-electron chi connectivity index (χ3n) is 5.53. The van der Waals surface area contributed by atoms with Gasteiger partial charge in [0.2, 0.25) is 0 Å². The second kappa shape index (κ2) is 8.44. The van der Waals surface area contributed by atoms with E-state index in [1.165, 1.54) is 7.11 Å². The summed E-state index contributed by atoms with van der Waals surface area (Å²) < 4.78 is 4.87. The first-order chi connectivity index (χ1) is 15.0. The van der Waals surface area contributed by atoms with Crippen LogP contribution in [-0.4, -0.2) is 19.0 Å². The van der Waals surface area contributed by atoms with E-state index in [0.717, 1.165) is 27.5 Å². The van der Waals surface area contributed by atoms with E-state index in [1.54, 1.807) is 6.07 Å². The van der Waals surface area contributed by atoms with Crippen LogP contribution in [0.5, 0.6) is 0 Å². The van der Waals surface area contributed by atoms with Crippen LogP contribution in [0.15, 0.2) is 78.9 Å². The molecule has 4 heteroatoms. The zero-order valence-corrected chi connectivity index (χ0v) is 17.7. The number of benzene rings is 4. The molecule has 4 rings (SSSR count). The van der Waals surface area contributed by atoms with Crippen LogP contribution in [0.25, 0.3) is 21.9 Å². The molecule has 0 unspecified atom stereocenters. The largest absolute Gasteiger partial charge is 0.465 e. The zero-order chi connectivity index (χ0) is 22.0. The van der Waals surface area contributed by atoms with Gasteiger partial charge in [-0.25, -0.2) is 4.79 Å². The van der Waals surface area contributed by atoms with Gasteiger partial charge in [-0.15, -0.1) is 0 Å². The molecule has 1 N–H and O–H groups in total. The van der Waals surface area contributed by atoms with E-state index in [-0.39, 0.29) is 5.91 Å². The standard InChI is InChI=1S/C27H23NO3/c1-17-13-14-22(27(30)31-3)18(2)25(17)28-26(29)24-16-21(19-9-5-4-6-10-19)15-20-11-7-8-12-23(20)24/h4-16H,1-3H3,(H,28,29). The normalized spacial score (nSPS) is 10.7. The van der Waals surface area contributed by atoms with Gasteiger partial charge in [0.05, 0.1) is 12.7 Å². The molecule has 31 heavy (non-hydrogen) atoms. The Labute approximate surface area is 181 Å². The van der Waals surface area contributed by atoms with Crippen molar-refractivity contribution in [2.24, 2.45) is 0 Å². The molecule has 0 bridgehead atoms. The summed E-state index contributed by atoms with van der Waals surface area (Å²) in [6.07, 6.45) is 0. The molecule has 0 atom stereocenters. The second-order valence-corrected chi connectivity index (χ2v) is 7.49. The maximum Gasteiger partial charge on any atom is 0.338 e. The zero-order valence-electron chi connectivity index (χ0n) is 17.7. The summed E-state index contributed by atoms with van der Waals surface area (Å²) in [5.41, 5.74) is 5.22. The molecule has 0 spiro atoms. The maximum atomic E-state index is 13.4. The fourth-order valence-electron chi connectivity index (χ4n) is 3.85. The molecule has 0 heterocycles. The number of hydrogen-bond donors (Lipinski definition) is 1. The van der Waals surface area contributed by atoms with Crippen LogP contribution >= 0.6 is 0 Å². The lowest BCUT2D eigenvalue weighted by Gasteiger charge is -2.16. The van der Waals surface area contributed by atoms with E-state index in [1.807, 2.05) is 80.6 Å². The van der Waals surface area contributed by atoms with Gasteiger partial charge in [0.25, 0.3) is 5.91 Å². The van der Waals surface area contributed by atoms with E-state index >= 15 is 0 Å². The van der Waals surface area contributed by atoms with Gasteiger partial charge < -0.3 is 10.1 Å². The molecule has 154 valence electrons. The lowest BCUT2D eigenvalue weighted by atomic mass is 9.96. The first-order valence-electron chi connectivity index (χ1n) is 10.1. The van der Waals surface area contributed by atoms with Gasteiger partial charge in [-0.2, -0.15) is 0 Å². The molecule has 4 aromatic carbocycles. The van der Waals surface area contributed by atoms with E-state index in [0.29, 0.717) is 22.4 Å². The van der Waals surface area contributed by atoms with Crippen molar-refractivity contribution in [3.05, 3.63) is 101 Å². The van der Waals surface area contributed by atoms with Crippen LogP contribution in [0, 0.1) is 13.8 Å². The molecule has 0 aliphatic rings. The quantitative estimate of drug-likeness (QED) is 0.411. The van der Waals surface area contributed by atoms with E-state index in [4.69, 9.17) is 4.74 Å². The van der Waals surface area contributed by atoms with Gasteiger partial charge in [-0.05, 0) is 65.1 Å². The summed E-state index contributed by atoms with van der Waals surface area (Å²) in [6.45, 7) is 3.72. The molecule has 0 fully saturated rings. The van der Waals surface area contributed by atoms with E-state index < -0.39 is 5.97 Å². The molecular formula is C27H23NO3. The lowest BCUT2D eigenvalue weighted by molar-refractivity contribution is 0.0599. The Kier molecular flexibility index (Phi) is 5.54. The minimum Gasteiger partial charge on any atom is -0.465 e. The monoisotopic (exact) mass is 409 g/mol. The second-order valence-electron chi connectivity index (χ2n) is 7.49. The predicted molar refractivity (Wildman–Crippen MR) is 125 cm³/mol. The number of anilines is 1. The molecule has 4 nitrogen and oxygen atoms in total. The molecule has 0 radical (unpaired) electrons. The summed E-state index contributed by atoms with van der Waals surface area (Å²) in [5.74, 6) is -0.647. The Morgan fingerprint density at radius 2 is 1.48 bits per heavy atom. The number of amides is 1. The molecule has 0 aliphatic carbocycles. The summed E-state index contributed by atoms with van der Waals surface area (Å²) in [7, 11) is 1.35. The van der Waals surface area contributed by atoms with Crippen molar-refractivity contribution in [3.8, 4) is 11.1 Å². The number of carbonyl (C=O) groups is 2. The van der Waals surface area contributed by atoms with Crippen molar-refractivity contribution in [2.75, 3.05) is 12.4 Å². The fourth-order valence-corrected chi connectivity index (χ4v) is 3.85. The van der Waals surface area contributed by atoms with Gasteiger partial charge in [-0.1, -0.05) is 60.7 Å². The number of fused-ring (bicyclic) bond motifs is 1. The van der Waals surface area contributed by atoms with Crippen molar-refractivity contribution in [1.82, 2.24) is 0 Å². The molecule has 0 saturated carbocycles. The minimum absolute atomic E-state index is 0.220. The first-order valence-corrected chi connectivity index (χ1v) is 10.1. The Balaban J connectivity index is 1.81. The SMILES string of the molecule is COC(=O)c1ccc(C)c(NC(=O)c2cc(-c3ccccc3)cc3ccccc23)c1C. The van der Waals surface area contributed by atoms with Gasteiger partial charge in [-0.3, -0.25) is 4.79 Å². The number of aryl methyl sites for hydroxylation is 1. The topological polar surface area (TPSA) is 55.4 Å². The summed E-state index contributed by atoms with van der Waals surface area (Å²) in [4.78, 5) is 25.5. The number of esters is 1. The Morgan fingerprint density at radius 1 is 0.774 bits per heavy atom. The third kappa shape index (κ3) is 3.92. The number of rotatable bonds is 4. The summed E-state index contributed by atoms with van der Waals surface area (Å²) in [5, 5.41) is 4.90. The molecule has 0 saturated heterocycles. The number of methoxy groups -OCH3 is 1. The van der Waals surface area contributed by atoms with Crippen LogP contribution in [-0.2, 0) is 4.74 Å². The van der Waals surface area contributed by atoms with Crippen molar-refractivity contribution in [3.63, 3.8) is 0 Å². The van der Waals surface area contributed by atoms with Crippen LogP contribution < -0.4 is 5.32 Å². The fraction of sp³-hybridized carbons (Fsp3) is 0.111. The van der Waals surface area contributed by atoms with Crippen molar-refractivity contribution in [1.29, 1.82) is 0 Å². The smallest absolute Gasteiger partial charge is 0.338 e. The average molecular weight is 409 g/mol. The summed E-state index contributed by atoms with van der Waals surface area (Å²) in [6, 6.07) is 25.4. The Hall–Kier alpha value is -3.92. The number of ether oxygens (including phenoxy) is 1. The molecule has 0 aliphatic heterocycles. The van der Waals surface area contributed by atoms with Gasteiger partial charge in [0.15, 0.2) is 0 Å². The molecule has 1 amide bonds. The summed E-state index contributed by atoms with van der Waals surface area (Å²) >= 11 is 0. The number of carbonyl (C=O) groups excluding carboxylic acids is 2. The molecule has 4 aromatic rings. The minimum atomic E-state index is -0.426. The Bertz CT molecular complexity index is 1290. The average Bonchev–Trinajstić information content (AvgIpc) is 2.81. The van der Waals surface area contributed by atoms with E-state index in [2.05, 4.69) is 11.4 Å². The highest BCUT2D eigenvalue weighted by molar-refractivity contribution is 6.14. The van der Waals surface area contributed by atoms with E-state index in [9.17, 15) is 9.59 Å². The highest BCUT2D eigenvalue weighted by atomic mass is 16.5. The van der Waals surface area contributed by atoms with Crippen LogP contribution in [0.4, 0.5) is 5.69 Å². The van der Waals surface area contributed by atoms with Crippen LogP contribution in [0.1, 0.15) is 31.8 Å². The molecule has 0 aromatic heterocycles. The van der Waals surface area contributed by atoms with Crippen LogP contribution in [0.3, 0.4) is 0 Å². The van der Waals surface area contributed by atoms with Crippen molar-refractivity contribution < 1.29 is 14.3 Å². The first kappa shape index (κ1) is 20.4. The Morgan fingerprint density at radius 3 is 2.23 bits per heavy atom. The van der Waals surface area contributed by atoms with Gasteiger partial charge in [0.1, 0.15) is 0 Å². The predicted octanol–water partition coefficient (Wildman–Crippen LogP) is 6.16.